The molecule has 1 N–H and O–H groups in total. The van der Waals surface area contributed by atoms with Crippen molar-refractivity contribution >= 4 is 50.9 Å². The molecule has 0 saturated heterocycles. The molecule has 0 bridgehead atoms. The maximum absolute atomic E-state index is 12.8. The molecule has 3 aromatic heterocycles. The Hall–Kier alpha value is -4.08. The van der Waals surface area contributed by atoms with Crippen LogP contribution in [0.1, 0.15) is 10.6 Å². The lowest BCUT2D eigenvalue weighted by Gasteiger charge is -2.10. The minimum Gasteiger partial charge on any atom is -0.452 e. The predicted octanol–water partition coefficient (Wildman–Crippen LogP) is 5.10. The van der Waals surface area contributed by atoms with Crippen molar-refractivity contribution in [1.82, 2.24) is 15.0 Å². The third kappa shape index (κ3) is 4.39. The van der Waals surface area contributed by atoms with E-state index in [0.29, 0.717) is 40.1 Å². The van der Waals surface area contributed by atoms with Crippen LogP contribution in [0.15, 0.2) is 99.5 Å². The molecule has 5 rings (SSSR count). The molecule has 0 spiro atoms. The molecule has 0 aliphatic heterocycles. The number of aromatic nitrogens is 3. The van der Waals surface area contributed by atoms with E-state index in [0.717, 1.165) is 0 Å². The van der Waals surface area contributed by atoms with Crippen molar-refractivity contribution in [1.29, 1.82) is 0 Å². The van der Waals surface area contributed by atoms with Crippen molar-refractivity contribution in [3.63, 3.8) is 0 Å². The van der Waals surface area contributed by atoms with Gasteiger partial charge in [0, 0.05) is 11.1 Å². The molecule has 2 aromatic carbocycles. The predicted molar refractivity (Wildman–Crippen MR) is 129 cm³/mol. The lowest BCUT2D eigenvalue weighted by atomic mass is 10.2. The molecule has 8 nitrogen and oxygen atoms in total. The number of furan rings is 1. The molecule has 0 aliphatic rings. The monoisotopic (exact) mass is 492 g/mol. The highest BCUT2D eigenvalue weighted by Gasteiger charge is 2.17. The summed E-state index contributed by atoms with van der Waals surface area (Å²) in [5.74, 6) is 1.17. The van der Waals surface area contributed by atoms with Crippen LogP contribution in [0, 0.1) is 0 Å². The normalized spacial score (nSPS) is 11.1. The van der Waals surface area contributed by atoms with Crippen LogP contribution in [0.3, 0.4) is 0 Å². The second kappa shape index (κ2) is 9.42. The first-order chi connectivity index (χ1) is 16.0. The van der Waals surface area contributed by atoms with Crippen LogP contribution >= 0.6 is 12.4 Å². The fourth-order valence-corrected chi connectivity index (χ4v) is 4.62. The van der Waals surface area contributed by atoms with E-state index in [4.69, 9.17) is 4.42 Å². The van der Waals surface area contributed by atoms with E-state index in [1.807, 2.05) is 0 Å². The van der Waals surface area contributed by atoms with Crippen LogP contribution in [0.2, 0.25) is 0 Å². The zero-order valence-electron chi connectivity index (χ0n) is 17.5. The Bertz CT molecular complexity index is 1570. The fourth-order valence-electron chi connectivity index (χ4n) is 3.34. The topological polar surface area (TPSA) is 115 Å². The number of aldehydes is 1. The Balaban J connectivity index is 0.00000274. The largest absolute Gasteiger partial charge is 0.452 e. The summed E-state index contributed by atoms with van der Waals surface area (Å²) >= 11 is 0. The zero-order valence-corrected chi connectivity index (χ0v) is 19.1. The SMILES string of the molecule is Cl.O=Cc1ccc(-c2cc3c(Nc4ccc(S(=O)(=O)c5ccccc5)cc4)ncnc3cn2)o1. The van der Waals surface area contributed by atoms with Crippen LogP contribution in [0.5, 0.6) is 0 Å². The van der Waals surface area contributed by atoms with E-state index in [1.165, 1.54) is 6.33 Å². The molecule has 34 heavy (non-hydrogen) atoms. The number of carbonyl (C=O) groups is 1. The van der Waals surface area contributed by atoms with E-state index in [9.17, 15) is 13.2 Å². The molecule has 0 amide bonds. The highest BCUT2D eigenvalue weighted by atomic mass is 35.5. The zero-order chi connectivity index (χ0) is 22.8. The Morgan fingerprint density at radius 3 is 2.29 bits per heavy atom. The Labute approximate surface area is 201 Å². The van der Waals surface area contributed by atoms with Crippen molar-refractivity contribution < 1.29 is 17.6 Å². The number of fused-ring (bicyclic) bond motifs is 1. The summed E-state index contributed by atoms with van der Waals surface area (Å²) in [6, 6.07) is 19.7. The van der Waals surface area contributed by atoms with Gasteiger partial charge in [0.05, 0.1) is 21.5 Å². The van der Waals surface area contributed by atoms with Crippen molar-refractivity contribution in [3.8, 4) is 11.5 Å². The smallest absolute Gasteiger partial charge is 0.206 e. The minimum absolute atomic E-state index is 0. The third-order valence-electron chi connectivity index (χ3n) is 5.00. The van der Waals surface area contributed by atoms with Gasteiger partial charge in [0.25, 0.3) is 0 Å². The van der Waals surface area contributed by atoms with E-state index < -0.39 is 9.84 Å². The highest BCUT2D eigenvalue weighted by molar-refractivity contribution is 7.91. The summed E-state index contributed by atoms with van der Waals surface area (Å²) in [4.78, 5) is 24.2. The lowest BCUT2D eigenvalue weighted by Crippen LogP contribution is -2.02. The first kappa shape index (κ1) is 23.1. The number of anilines is 2. The Morgan fingerprint density at radius 1 is 0.853 bits per heavy atom. The van der Waals surface area contributed by atoms with Gasteiger partial charge in [0.1, 0.15) is 17.8 Å². The number of rotatable bonds is 6. The number of carbonyl (C=O) groups excluding carboxylic acids is 1. The van der Waals surface area contributed by atoms with E-state index in [2.05, 4.69) is 20.3 Å². The van der Waals surface area contributed by atoms with Gasteiger partial charge in [-0.3, -0.25) is 9.78 Å². The summed E-state index contributed by atoms with van der Waals surface area (Å²) < 4.78 is 31.0. The minimum atomic E-state index is -3.60. The van der Waals surface area contributed by atoms with Gasteiger partial charge in [0.15, 0.2) is 17.8 Å². The van der Waals surface area contributed by atoms with Crippen molar-refractivity contribution in [2.24, 2.45) is 0 Å². The molecule has 0 radical (unpaired) electrons. The van der Waals surface area contributed by atoms with E-state index >= 15 is 0 Å². The summed E-state index contributed by atoms with van der Waals surface area (Å²) in [7, 11) is -3.60. The van der Waals surface area contributed by atoms with Crippen molar-refractivity contribution in [2.45, 2.75) is 9.79 Å². The summed E-state index contributed by atoms with van der Waals surface area (Å²) in [6.45, 7) is 0. The van der Waals surface area contributed by atoms with Crippen LogP contribution in [-0.2, 0) is 9.84 Å². The number of sulfone groups is 1. The number of nitrogens with zero attached hydrogens (tertiary/aromatic N) is 3. The quantitative estimate of drug-likeness (QED) is 0.326. The first-order valence-electron chi connectivity index (χ1n) is 9.88. The van der Waals surface area contributed by atoms with Gasteiger partial charge < -0.3 is 9.73 Å². The van der Waals surface area contributed by atoms with Crippen LogP contribution in [0.4, 0.5) is 11.5 Å². The van der Waals surface area contributed by atoms with Gasteiger partial charge in [-0.15, -0.1) is 12.4 Å². The first-order valence-corrected chi connectivity index (χ1v) is 11.4. The number of nitrogens with one attached hydrogen (secondary N) is 1. The van der Waals surface area contributed by atoms with Gasteiger partial charge in [-0.05, 0) is 54.6 Å². The van der Waals surface area contributed by atoms with Crippen LogP contribution in [-0.4, -0.2) is 29.7 Å². The average molecular weight is 493 g/mol. The lowest BCUT2D eigenvalue weighted by molar-refractivity contribution is 0.110. The molecule has 0 saturated carbocycles. The van der Waals surface area contributed by atoms with Gasteiger partial charge >= 0.3 is 0 Å². The summed E-state index contributed by atoms with van der Waals surface area (Å²) in [6.07, 6.45) is 3.64. The molecule has 0 atom stereocenters. The second-order valence-corrected chi connectivity index (χ2v) is 9.04. The van der Waals surface area contributed by atoms with Crippen LogP contribution in [0.25, 0.3) is 22.4 Å². The number of pyridine rings is 1. The third-order valence-corrected chi connectivity index (χ3v) is 6.78. The number of benzene rings is 2. The average Bonchev–Trinajstić information content (AvgIpc) is 3.34. The molecular formula is C24H17ClN4O4S. The van der Waals surface area contributed by atoms with Crippen molar-refractivity contribution in [3.05, 3.63) is 91.1 Å². The molecule has 0 fully saturated rings. The van der Waals surface area contributed by atoms with Gasteiger partial charge in [-0.1, -0.05) is 18.2 Å². The molecule has 0 unspecified atom stereocenters. The number of hydrogen-bond donors (Lipinski definition) is 1. The molecular weight excluding hydrogens is 476 g/mol. The Morgan fingerprint density at radius 2 is 1.59 bits per heavy atom. The number of hydrogen-bond acceptors (Lipinski definition) is 8. The summed E-state index contributed by atoms with van der Waals surface area (Å²) in [5.41, 5.74) is 1.79. The van der Waals surface area contributed by atoms with E-state index in [-0.39, 0.29) is 28.0 Å². The standard InChI is InChI=1S/C24H16N4O4S.ClH/c29-14-17-8-11-23(32-17)21-12-20-22(13-25-21)26-15-27-24(20)28-16-6-9-19(10-7-16)33(30,31)18-4-2-1-3-5-18;/h1-15H,(H,26,27,28);1H. The molecule has 3 heterocycles. The van der Waals surface area contributed by atoms with E-state index in [1.54, 1.807) is 79.0 Å². The number of halogens is 1. The molecule has 5 aromatic rings. The van der Waals surface area contributed by atoms with Gasteiger partial charge in [-0.2, -0.15) is 0 Å². The molecule has 0 aliphatic carbocycles. The van der Waals surface area contributed by atoms with Crippen LogP contribution < -0.4 is 5.32 Å². The Kier molecular flexibility index (Phi) is 6.40. The second-order valence-electron chi connectivity index (χ2n) is 7.09. The highest BCUT2D eigenvalue weighted by Crippen LogP contribution is 2.28. The maximum atomic E-state index is 12.8. The van der Waals surface area contributed by atoms with Crippen molar-refractivity contribution in [2.75, 3.05) is 5.32 Å². The summed E-state index contributed by atoms with van der Waals surface area (Å²) in [5, 5.41) is 3.89. The van der Waals surface area contributed by atoms with Gasteiger partial charge in [-0.25, -0.2) is 18.4 Å². The van der Waals surface area contributed by atoms with Gasteiger partial charge in [0.2, 0.25) is 9.84 Å². The maximum Gasteiger partial charge on any atom is 0.206 e. The fraction of sp³-hybridized carbons (Fsp3) is 0. The molecule has 170 valence electrons. The molecule has 10 heteroatoms.